The summed E-state index contributed by atoms with van der Waals surface area (Å²) >= 11 is 12.0. The molecule has 3 aromatic rings. The van der Waals surface area contributed by atoms with Crippen molar-refractivity contribution in [2.24, 2.45) is 0 Å². The minimum absolute atomic E-state index is 0.0151. The molecule has 1 aromatic carbocycles. The minimum Gasteiger partial charge on any atom is -0.476 e. The van der Waals surface area contributed by atoms with Crippen LogP contribution in [0.4, 0.5) is 13.2 Å². The maximum atomic E-state index is 14.0. The normalized spacial score (nSPS) is 14.4. The lowest BCUT2D eigenvalue weighted by atomic mass is 9.78. The largest absolute Gasteiger partial charge is 0.476 e. The molecule has 0 bridgehead atoms. The van der Waals surface area contributed by atoms with Crippen LogP contribution in [0.15, 0.2) is 48.7 Å². The third kappa shape index (κ3) is 5.18. The molecule has 0 amide bonds. The van der Waals surface area contributed by atoms with Gasteiger partial charge in [0.2, 0.25) is 5.88 Å². The Morgan fingerprint density at radius 1 is 1.12 bits per heavy atom. The second kappa shape index (κ2) is 9.50. The molecular formula is C21H16Cl2F3N3O4. The SMILES string of the molecule is C[C@H](c1ccc(COc2ccc(C(=O)O)nn2)cc1Cl)[C@@](O)(c1ccnc(Cl)c1)C(F)(F)F. The summed E-state index contributed by atoms with van der Waals surface area (Å²) < 4.78 is 47.5. The third-order valence-electron chi connectivity index (χ3n) is 5.00. The van der Waals surface area contributed by atoms with Gasteiger partial charge in [-0.2, -0.15) is 13.2 Å². The molecule has 2 atom stereocenters. The summed E-state index contributed by atoms with van der Waals surface area (Å²) in [5.74, 6) is -2.68. The molecule has 2 aromatic heterocycles. The quantitative estimate of drug-likeness (QED) is 0.438. The van der Waals surface area contributed by atoms with Crippen LogP contribution in [0.3, 0.4) is 0 Å². The van der Waals surface area contributed by atoms with Gasteiger partial charge in [-0.3, -0.25) is 0 Å². The van der Waals surface area contributed by atoms with E-state index in [1.165, 1.54) is 37.3 Å². The average Bonchev–Trinajstić information content (AvgIpc) is 2.76. The molecule has 0 unspecified atom stereocenters. The fraction of sp³-hybridized carbons (Fsp3) is 0.238. The topological polar surface area (TPSA) is 105 Å². The maximum Gasteiger partial charge on any atom is 0.422 e. The van der Waals surface area contributed by atoms with Crippen LogP contribution < -0.4 is 4.74 Å². The van der Waals surface area contributed by atoms with Crippen molar-refractivity contribution >= 4 is 29.2 Å². The fourth-order valence-electron chi connectivity index (χ4n) is 3.20. The Morgan fingerprint density at radius 3 is 2.39 bits per heavy atom. The Kier molecular flexibility index (Phi) is 7.11. The number of ether oxygens (including phenoxy) is 1. The van der Waals surface area contributed by atoms with Gasteiger partial charge < -0.3 is 14.9 Å². The zero-order valence-corrected chi connectivity index (χ0v) is 18.4. The van der Waals surface area contributed by atoms with Gasteiger partial charge in [0.25, 0.3) is 0 Å². The number of hydrogen-bond donors (Lipinski definition) is 2. The molecule has 0 saturated heterocycles. The number of rotatable bonds is 7. The molecule has 2 heterocycles. The van der Waals surface area contributed by atoms with E-state index >= 15 is 0 Å². The van der Waals surface area contributed by atoms with E-state index < -0.39 is 29.2 Å². The molecule has 33 heavy (non-hydrogen) atoms. The van der Waals surface area contributed by atoms with Crippen molar-refractivity contribution in [1.29, 1.82) is 0 Å². The van der Waals surface area contributed by atoms with Crippen LogP contribution in [-0.4, -0.2) is 37.5 Å². The monoisotopic (exact) mass is 501 g/mol. The van der Waals surface area contributed by atoms with Crippen LogP contribution in [-0.2, 0) is 12.2 Å². The fourth-order valence-corrected chi connectivity index (χ4v) is 3.74. The van der Waals surface area contributed by atoms with Gasteiger partial charge in [-0.1, -0.05) is 42.3 Å². The molecule has 7 nitrogen and oxygen atoms in total. The molecule has 12 heteroatoms. The van der Waals surface area contributed by atoms with Crippen LogP contribution in [0.25, 0.3) is 0 Å². The van der Waals surface area contributed by atoms with E-state index in [0.29, 0.717) is 5.56 Å². The molecule has 0 saturated carbocycles. The summed E-state index contributed by atoms with van der Waals surface area (Å²) in [6, 6.07) is 8.80. The Hall–Kier alpha value is -2.95. The zero-order chi connectivity index (χ0) is 24.4. The van der Waals surface area contributed by atoms with Gasteiger partial charge in [-0.15, -0.1) is 10.2 Å². The maximum absolute atomic E-state index is 14.0. The number of aromatic nitrogens is 3. The second-order valence-corrected chi connectivity index (χ2v) is 7.85. The second-order valence-electron chi connectivity index (χ2n) is 7.06. The molecule has 2 N–H and O–H groups in total. The van der Waals surface area contributed by atoms with Gasteiger partial charge in [0.15, 0.2) is 11.3 Å². The molecular weight excluding hydrogens is 486 g/mol. The van der Waals surface area contributed by atoms with Crippen molar-refractivity contribution in [2.75, 3.05) is 0 Å². The highest BCUT2D eigenvalue weighted by Gasteiger charge is 2.59. The van der Waals surface area contributed by atoms with Crippen LogP contribution in [0.1, 0.15) is 40.0 Å². The van der Waals surface area contributed by atoms with Crippen molar-refractivity contribution < 1.29 is 32.9 Å². The van der Waals surface area contributed by atoms with E-state index in [4.69, 9.17) is 33.0 Å². The highest BCUT2D eigenvalue weighted by Crippen LogP contribution is 2.50. The molecule has 0 aliphatic heterocycles. The number of aromatic carboxylic acids is 1. The molecule has 0 radical (unpaired) electrons. The Bertz CT molecular complexity index is 1160. The zero-order valence-electron chi connectivity index (χ0n) is 16.8. The number of pyridine rings is 1. The summed E-state index contributed by atoms with van der Waals surface area (Å²) in [6.45, 7) is 1.15. The molecule has 0 aliphatic rings. The standard InChI is InChI=1S/C21H16Cl2F3N3O4/c1-11(20(32,21(24,25)26)13-6-7-27-17(23)9-13)14-3-2-12(8-15(14)22)10-33-18-5-4-16(19(30)31)28-29-18/h2-9,11,32H,10H2,1H3,(H,30,31)/t11-,20-/m1/s1. The average molecular weight is 502 g/mol. The van der Waals surface area contributed by atoms with Gasteiger partial charge in [0, 0.05) is 23.2 Å². The number of carboxylic acid groups (broad SMARTS) is 1. The number of aliphatic hydroxyl groups is 1. The van der Waals surface area contributed by atoms with Crippen LogP contribution >= 0.6 is 23.2 Å². The summed E-state index contributed by atoms with van der Waals surface area (Å²) in [4.78, 5) is 14.5. The van der Waals surface area contributed by atoms with E-state index in [2.05, 4.69) is 15.2 Å². The van der Waals surface area contributed by atoms with E-state index in [1.54, 1.807) is 0 Å². The van der Waals surface area contributed by atoms with Crippen LogP contribution in [0.5, 0.6) is 5.88 Å². The first kappa shape index (κ1) is 24.7. The van der Waals surface area contributed by atoms with E-state index in [1.807, 2.05) is 0 Å². The van der Waals surface area contributed by atoms with Crippen molar-refractivity contribution in [3.8, 4) is 5.88 Å². The van der Waals surface area contributed by atoms with E-state index in [0.717, 1.165) is 18.3 Å². The summed E-state index contributed by atoms with van der Waals surface area (Å²) in [5, 5.41) is 26.5. The van der Waals surface area contributed by atoms with Gasteiger partial charge in [0.05, 0.1) is 0 Å². The summed E-state index contributed by atoms with van der Waals surface area (Å²) in [5.41, 5.74) is -3.44. The van der Waals surface area contributed by atoms with E-state index in [9.17, 15) is 23.1 Å². The number of halogens is 5. The first-order valence-electron chi connectivity index (χ1n) is 9.32. The Balaban J connectivity index is 1.84. The molecule has 3 rings (SSSR count). The number of carbonyl (C=O) groups is 1. The smallest absolute Gasteiger partial charge is 0.422 e. The predicted molar refractivity (Wildman–Crippen MR) is 112 cm³/mol. The summed E-state index contributed by atoms with van der Waals surface area (Å²) in [6.07, 6.45) is -3.96. The highest BCUT2D eigenvalue weighted by atomic mass is 35.5. The molecule has 0 spiro atoms. The Labute approximate surface area is 195 Å². The lowest BCUT2D eigenvalue weighted by Crippen LogP contribution is -2.46. The number of benzene rings is 1. The predicted octanol–water partition coefficient (Wildman–Crippen LogP) is 5.01. The number of alkyl halides is 3. The van der Waals surface area contributed by atoms with Gasteiger partial charge >= 0.3 is 12.1 Å². The minimum atomic E-state index is -5.04. The third-order valence-corrected chi connectivity index (χ3v) is 5.54. The van der Waals surface area contributed by atoms with Crippen molar-refractivity contribution in [1.82, 2.24) is 15.2 Å². The Morgan fingerprint density at radius 2 is 1.85 bits per heavy atom. The van der Waals surface area contributed by atoms with Gasteiger partial charge in [0.1, 0.15) is 11.8 Å². The van der Waals surface area contributed by atoms with Crippen LogP contribution in [0.2, 0.25) is 10.2 Å². The van der Waals surface area contributed by atoms with Crippen molar-refractivity contribution in [3.05, 3.63) is 81.2 Å². The number of hydrogen-bond acceptors (Lipinski definition) is 6. The van der Waals surface area contributed by atoms with Crippen molar-refractivity contribution in [2.45, 2.75) is 31.2 Å². The number of carboxylic acids is 1. The summed E-state index contributed by atoms with van der Waals surface area (Å²) in [7, 11) is 0. The molecule has 0 aliphatic carbocycles. The molecule has 0 fully saturated rings. The molecule has 174 valence electrons. The lowest BCUT2D eigenvalue weighted by molar-refractivity contribution is -0.274. The highest BCUT2D eigenvalue weighted by molar-refractivity contribution is 6.31. The lowest BCUT2D eigenvalue weighted by Gasteiger charge is -2.37. The van der Waals surface area contributed by atoms with Gasteiger partial charge in [-0.25, -0.2) is 9.78 Å². The van der Waals surface area contributed by atoms with Gasteiger partial charge in [-0.05, 0) is 41.0 Å². The van der Waals surface area contributed by atoms with Crippen molar-refractivity contribution in [3.63, 3.8) is 0 Å². The van der Waals surface area contributed by atoms with E-state index in [-0.39, 0.29) is 33.9 Å². The van der Waals surface area contributed by atoms with Crippen LogP contribution in [0, 0.1) is 0 Å². The number of nitrogens with zero attached hydrogens (tertiary/aromatic N) is 3. The first-order valence-corrected chi connectivity index (χ1v) is 10.1. The first-order chi connectivity index (χ1) is 15.4.